The van der Waals surface area contributed by atoms with E-state index in [1.165, 1.54) is 30.5 Å². The minimum Gasteiger partial charge on any atom is -0.481 e. The number of nitrogens with two attached hydrogens (primary N) is 2. The van der Waals surface area contributed by atoms with Crippen molar-refractivity contribution in [2.75, 3.05) is 23.3 Å². The van der Waals surface area contributed by atoms with E-state index in [-0.39, 0.29) is 42.2 Å². The Kier molecular flexibility index (Phi) is 22.2. The molecule has 1 unspecified atom stereocenters. The summed E-state index contributed by atoms with van der Waals surface area (Å²) >= 11 is 3.78. The largest absolute Gasteiger partial charge is 0.481 e. The minimum absolute atomic E-state index is 0.00363. The van der Waals surface area contributed by atoms with Crippen LogP contribution in [0.4, 0.5) is 11.6 Å². The molecule has 1 aromatic carbocycles. The topological polar surface area (TPSA) is 533 Å². The van der Waals surface area contributed by atoms with E-state index in [0.717, 1.165) is 0 Å². The maximum atomic E-state index is 13.7. The molecule has 394 valence electrons. The maximum Gasteiger partial charge on any atom is 0.327 e. The number of hydrogen-bond donors (Lipinski definition) is 18. The van der Waals surface area contributed by atoms with Crippen LogP contribution >= 0.6 is 12.6 Å². The Morgan fingerprint density at radius 3 is 1.68 bits per heavy atom. The van der Waals surface area contributed by atoms with Crippen LogP contribution in [0.1, 0.15) is 61.0 Å². The lowest BCUT2D eigenvalue weighted by atomic mass is 10.1. The number of benzene rings is 1. The molecule has 32 nitrogen and oxygen atoms in total. The Morgan fingerprint density at radius 1 is 0.671 bits per heavy atom. The molecule has 6 atom stereocenters. The fourth-order valence-corrected chi connectivity index (χ4v) is 6.50. The maximum absolute atomic E-state index is 13.7. The lowest BCUT2D eigenvalue weighted by molar-refractivity contribution is -0.144. The Bertz CT molecular complexity index is 2650. The smallest absolute Gasteiger partial charge is 0.327 e. The van der Waals surface area contributed by atoms with E-state index in [4.69, 9.17) is 16.9 Å². The number of fused-ring (bicyclic) bond motifs is 1. The summed E-state index contributed by atoms with van der Waals surface area (Å²) in [7, 11) is 0. The molecule has 6 amide bonds. The van der Waals surface area contributed by atoms with Gasteiger partial charge in [-0.3, -0.25) is 58.3 Å². The molecular weight excluding hydrogens is 995 g/mol. The van der Waals surface area contributed by atoms with Gasteiger partial charge in [0.05, 0.1) is 37.7 Å². The zero-order chi connectivity index (χ0) is 54.5. The van der Waals surface area contributed by atoms with E-state index in [1.54, 1.807) is 0 Å². The van der Waals surface area contributed by atoms with Gasteiger partial charge < -0.3 is 79.5 Å². The highest BCUT2D eigenvalue weighted by atomic mass is 32.1. The van der Waals surface area contributed by atoms with Gasteiger partial charge in [-0.1, -0.05) is 0 Å². The van der Waals surface area contributed by atoms with Gasteiger partial charge in [0, 0.05) is 30.0 Å². The number of guanidine groups is 1. The number of rotatable bonds is 30. The lowest BCUT2D eigenvalue weighted by Gasteiger charge is -2.26. The summed E-state index contributed by atoms with van der Waals surface area (Å²) in [6.07, 6.45) is -3.88. The van der Waals surface area contributed by atoms with Crippen LogP contribution in [0.5, 0.6) is 0 Å². The number of hydrogen-bond acceptors (Lipinski definition) is 19. The molecular formula is C40H51N15O17S. The van der Waals surface area contributed by atoms with Gasteiger partial charge in [0.2, 0.25) is 35.5 Å². The van der Waals surface area contributed by atoms with Crippen molar-refractivity contribution >= 4 is 107 Å². The number of thiol groups is 1. The number of aromatic amines is 1. The molecule has 0 bridgehead atoms. The van der Waals surface area contributed by atoms with Crippen molar-refractivity contribution < 1.29 is 78.3 Å². The van der Waals surface area contributed by atoms with E-state index in [9.17, 15) is 83.1 Å². The third-order valence-corrected chi connectivity index (χ3v) is 10.2. The monoisotopic (exact) mass is 1050 g/mol. The zero-order valence-corrected chi connectivity index (χ0v) is 38.9. The highest BCUT2D eigenvalue weighted by molar-refractivity contribution is 7.80. The first-order chi connectivity index (χ1) is 34.4. The fourth-order valence-electron chi connectivity index (χ4n) is 6.25. The van der Waals surface area contributed by atoms with E-state index in [0.29, 0.717) is 11.4 Å². The summed E-state index contributed by atoms with van der Waals surface area (Å²) in [5.74, 6) is -16.6. The molecule has 0 saturated carbocycles. The van der Waals surface area contributed by atoms with E-state index in [1.807, 2.05) is 16.0 Å². The minimum atomic E-state index is -2.10. The van der Waals surface area contributed by atoms with Crippen molar-refractivity contribution in [3.05, 3.63) is 52.1 Å². The predicted octanol–water partition coefficient (Wildman–Crippen LogP) is -5.00. The lowest BCUT2D eigenvalue weighted by Crippen LogP contribution is -2.59. The molecule has 2 heterocycles. The molecule has 0 fully saturated rings. The summed E-state index contributed by atoms with van der Waals surface area (Å²) in [6.45, 7) is -0.0194. The van der Waals surface area contributed by atoms with Crippen molar-refractivity contribution in [3.8, 4) is 0 Å². The number of nitrogen functional groups attached to an aromatic ring is 1. The van der Waals surface area contributed by atoms with Crippen LogP contribution in [0.3, 0.4) is 0 Å². The van der Waals surface area contributed by atoms with Crippen LogP contribution in [0.15, 0.2) is 35.3 Å². The molecule has 0 aliphatic heterocycles. The van der Waals surface area contributed by atoms with Crippen LogP contribution in [0, 0.1) is 5.41 Å². The normalized spacial score (nSPS) is 13.2. The van der Waals surface area contributed by atoms with E-state index >= 15 is 0 Å². The number of carboxylic acid groups (broad SMARTS) is 5. The summed E-state index contributed by atoms with van der Waals surface area (Å²) in [6, 6.07) is -5.54. The molecule has 73 heavy (non-hydrogen) atoms. The second-order valence-electron chi connectivity index (χ2n) is 15.5. The summed E-state index contributed by atoms with van der Waals surface area (Å²) in [4.78, 5) is 165. The van der Waals surface area contributed by atoms with Crippen LogP contribution in [-0.4, -0.2) is 165 Å². The highest BCUT2D eigenvalue weighted by Gasteiger charge is 2.35. The average molecular weight is 1050 g/mol. The Morgan fingerprint density at radius 2 is 1.18 bits per heavy atom. The van der Waals surface area contributed by atoms with Crippen molar-refractivity contribution in [2.24, 2.45) is 5.73 Å². The van der Waals surface area contributed by atoms with Gasteiger partial charge >= 0.3 is 29.8 Å². The summed E-state index contributed by atoms with van der Waals surface area (Å²) < 4.78 is 0. The number of anilines is 2. The molecule has 0 radical (unpaired) electrons. The summed E-state index contributed by atoms with van der Waals surface area (Å²) in [5.41, 5.74) is 11.0. The second-order valence-corrected chi connectivity index (χ2v) is 15.8. The molecule has 3 rings (SSSR count). The number of aliphatic carboxylic acids is 5. The molecule has 3 aromatic rings. The van der Waals surface area contributed by atoms with Crippen LogP contribution in [-0.2, 0) is 54.5 Å². The number of H-pyrrole nitrogens is 1. The SMILES string of the molecule is N=C(N)NCCC[C@H](NC(=O)[C@H](CC(=O)O)NC(=O)CCC(NC(=O)c1ccc(NCc2cnc3nc(N)[nH]c(=O)c3n2)cc1)C(=O)O)C(=O)N[C@@H](CC(=O)O)C(=O)N[C@@H](CC(=O)O)C(=O)N[C@@H](CS)C(=O)O. The van der Waals surface area contributed by atoms with Gasteiger partial charge in [-0.2, -0.15) is 17.6 Å². The third kappa shape index (κ3) is 19.6. The van der Waals surface area contributed by atoms with Crippen molar-refractivity contribution in [1.82, 2.24) is 57.2 Å². The molecule has 0 spiro atoms. The van der Waals surface area contributed by atoms with E-state index in [2.05, 4.69) is 59.1 Å². The van der Waals surface area contributed by atoms with Crippen LogP contribution in [0.25, 0.3) is 11.2 Å². The number of nitrogens with zero attached hydrogens (tertiary/aromatic N) is 3. The van der Waals surface area contributed by atoms with Gasteiger partial charge in [-0.25, -0.2) is 19.6 Å². The molecule has 2 aromatic heterocycles. The molecule has 33 heteroatoms. The first-order valence-corrected chi connectivity index (χ1v) is 22.0. The van der Waals surface area contributed by atoms with E-state index < -0.39 is 157 Å². The average Bonchev–Trinajstić information content (AvgIpc) is 3.30. The number of nitrogens with one attached hydrogen (secondary N) is 10. The Labute approximate surface area is 415 Å². The van der Waals surface area contributed by atoms with Crippen molar-refractivity contribution in [2.45, 2.75) is 87.7 Å². The highest BCUT2D eigenvalue weighted by Crippen LogP contribution is 2.13. The van der Waals surface area contributed by atoms with Crippen molar-refractivity contribution in [3.63, 3.8) is 0 Å². The first-order valence-electron chi connectivity index (χ1n) is 21.3. The zero-order valence-electron chi connectivity index (χ0n) is 38.0. The van der Waals surface area contributed by atoms with Gasteiger partial charge in [0.15, 0.2) is 17.1 Å². The first kappa shape index (κ1) is 58.1. The number of carboxylic acids is 5. The number of carbonyl (C=O) groups is 11. The van der Waals surface area contributed by atoms with Gasteiger partial charge in [0.1, 0.15) is 36.3 Å². The third-order valence-electron chi connectivity index (χ3n) is 9.84. The van der Waals surface area contributed by atoms with Gasteiger partial charge in [-0.15, -0.1) is 0 Å². The molecule has 0 saturated heterocycles. The molecule has 19 N–H and O–H groups in total. The van der Waals surface area contributed by atoms with Crippen LogP contribution < -0.4 is 59.6 Å². The molecule has 0 aliphatic carbocycles. The second kappa shape index (κ2) is 27.9. The van der Waals surface area contributed by atoms with Crippen LogP contribution in [0.2, 0.25) is 0 Å². The standard InChI is InChI=1S/C40H51N15O17S/c41-39(42)44-9-1-2-19(32(64)51-22(11-27(59)60)34(66)52-23(12-28(61)62)35(67)53-24(15-73)38(71)72)49-33(65)21(10-26(57)58)48-25(56)8-7-20(37(69)70)50-31(63)16-3-5-17(6-4-16)45-13-18-14-46-30-29(47-18)36(68)55-40(43)54-30/h3-6,14,19-24,45,73H,1-2,7-13,15H2,(H,48,56)(H,49,65)(H,50,63)(H,51,64)(H,52,66)(H,53,67)(H,57,58)(H,59,60)(H,61,62)(H,69,70)(H,71,72)(H4,41,42,44)(H3,43,46,54,55,68)/t19-,20?,21-,22-,23-,24-/m0/s1. The number of aromatic nitrogens is 4. The van der Waals surface area contributed by atoms with Gasteiger partial charge in [0.25, 0.3) is 11.5 Å². The number of carbonyl (C=O) groups excluding carboxylic acids is 6. The Hall–Kier alpha value is -9.17. The van der Waals surface area contributed by atoms with Gasteiger partial charge in [-0.05, 0) is 43.5 Å². The molecule has 0 aliphatic rings. The predicted molar refractivity (Wildman–Crippen MR) is 251 cm³/mol. The Balaban J connectivity index is 1.70. The fraction of sp³-hybridized carbons (Fsp3) is 0.400. The quantitative estimate of drug-likeness (QED) is 0.0129. The summed E-state index contributed by atoms with van der Waals surface area (Å²) in [5, 5.41) is 72.8. The number of amides is 6. The van der Waals surface area contributed by atoms with Crippen molar-refractivity contribution in [1.29, 1.82) is 5.41 Å².